The number of benzene rings is 1. The lowest BCUT2D eigenvalue weighted by Crippen LogP contribution is -2.26. The maximum Gasteiger partial charge on any atom is 0.0369 e. The van der Waals surface area contributed by atoms with Crippen molar-refractivity contribution in [2.24, 2.45) is 0 Å². The van der Waals surface area contributed by atoms with Gasteiger partial charge in [-0.05, 0) is 43.5 Å². The lowest BCUT2D eigenvalue weighted by molar-refractivity contribution is 0.194. The molecule has 0 radical (unpaired) electrons. The summed E-state index contributed by atoms with van der Waals surface area (Å²) < 4.78 is 0. The molecule has 3 rings (SSSR count). The first-order valence-corrected chi connectivity index (χ1v) is 7.07. The van der Waals surface area contributed by atoms with Crippen LogP contribution in [0, 0.1) is 0 Å². The Morgan fingerprint density at radius 2 is 2.00 bits per heavy atom. The Morgan fingerprint density at radius 3 is 2.74 bits per heavy atom. The van der Waals surface area contributed by atoms with Crippen LogP contribution < -0.4 is 0 Å². The molecular formula is C17H20N2. The van der Waals surface area contributed by atoms with Gasteiger partial charge in [0.05, 0.1) is 0 Å². The highest BCUT2D eigenvalue weighted by molar-refractivity contribution is 5.21. The quantitative estimate of drug-likeness (QED) is 0.821. The van der Waals surface area contributed by atoms with Gasteiger partial charge in [0.25, 0.3) is 0 Å². The smallest absolute Gasteiger partial charge is 0.0369 e. The molecule has 19 heavy (non-hydrogen) atoms. The molecule has 1 aliphatic rings. The Bertz CT molecular complexity index is 509. The Hall–Kier alpha value is -1.67. The molecule has 1 aliphatic heterocycles. The molecular weight excluding hydrogens is 232 g/mol. The molecule has 0 N–H and O–H groups in total. The van der Waals surface area contributed by atoms with Gasteiger partial charge >= 0.3 is 0 Å². The SMILES string of the molecule is C[C@@H](c1ccccc1)N1CCC[C@H]1c1cccnc1. The van der Waals surface area contributed by atoms with Crippen molar-refractivity contribution in [3.05, 3.63) is 66.0 Å². The zero-order valence-corrected chi connectivity index (χ0v) is 11.4. The maximum absolute atomic E-state index is 4.27. The summed E-state index contributed by atoms with van der Waals surface area (Å²) >= 11 is 0. The summed E-state index contributed by atoms with van der Waals surface area (Å²) in [5.74, 6) is 0. The maximum atomic E-state index is 4.27. The molecule has 1 fully saturated rings. The first kappa shape index (κ1) is 12.4. The van der Waals surface area contributed by atoms with Crippen LogP contribution >= 0.6 is 0 Å². The molecule has 0 unspecified atom stereocenters. The topological polar surface area (TPSA) is 16.1 Å². The molecule has 2 heteroatoms. The van der Waals surface area contributed by atoms with E-state index in [1.807, 2.05) is 18.5 Å². The minimum atomic E-state index is 0.467. The lowest BCUT2D eigenvalue weighted by atomic mass is 10.0. The van der Waals surface area contributed by atoms with E-state index in [2.05, 4.69) is 53.2 Å². The van der Waals surface area contributed by atoms with Gasteiger partial charge in [-0.2, -0.15) is 0 Å². The standard InChI is InChI=1S/C17H20N2/c1-14(15-7-3-2-4-8-15)19-12-6-10-17(19)16-9-5-11-18-13-16/h2-5,7-9,11,13-14,17H,6,10,12H2,1H3/t14-,17-/m0/s1. The second-order valence-corrected chi connectivity index (χ2v) is 5.27. The fourth-order valence-corrected chi connectivity index (χ4v) is 3.11. The number of likely N-dealkylation sites (tertiary alicyclic amines) is 1. The summed E-state index contributed by atoms with van der Waals surface area (Å²) in [4.78, 5) is 6.87. The molecule has 2 nitrogen and oxygen atoms in total. The fourth-order valence-electron chi connectivity index (χ4n) is 3.11. The normalized spacial score (nSPS) is 21.4. The summed E-state index contributed by atoms with van der Waals surface area (Å²) in [7, 11) is 0. The number of hydrogen-bond acceptors (Lipinski definition) is 2. The number of pyridine rings is 1. The van der Waals surface area contributed by atoms with Crippen molar-refractivity contribution < 1.29 is 0 Å². The molecule has 0 bridgehead atoms. The summed E-state index contributed by atoms with van der Waals surface area (Å²) in [6.45, 7) is 3.49. The molecule has 0 spiro atoms. The summed E-state index contributed by atoms with van der Waals surface area (Å²) in [5.41, 5.74) is 2.75. The third-order valence-electron chi connectivity index (χ3n) is 4.14. The first-order chi connectivity index (χ1) is 9.36. The molecule has 1 saturated heterocycles. The monoisotopic (exact) mass is 252 g/mol. The molecule has 1 aromatic carbocycles. The third-order valence-corrected chi connectivity index (χ3v) is 4.14. The number of nitrogens with zero attached hydrogens (tertiary/aromatic N) is 2. The zero-order valence-electron chi connectivity index (χ0n) is 11.4. The molecule has 2 heterocycles. The second-order valence-electron chi connectivity index (χ2n) is 5.27. The first-order valence-electron chi connectivity index (χ1n) is 7.07. The van der Waals surface area contributed by atoms with Crippen molar-refractivity contribution >= 4 is 0 Å². The highest BCUT2D eigenvalue weighted by Crippen LogP contribution is 2.37. The summed E-state index contributed by atoms with van der Waals surface area (Å²) in [6, 6.07) is 16.0. The van der Waals surface area contributed by atoms with Crippen LogP contribution in [-0.4, -0.2) is 16.4 Å². The fraction of sp³-hybridized carbons (Fsp3) is 0.353. The highest BCUT2D eigenvalue weighted by Gasteiger charge is 2.30. The third kappa shape index (κ3) is 2.54. The number of aromatic nitrogens is 1. The van der Waals surface area contributed by atoms with Crippen LogP contribution in [0.3, 0.4) is 0 Å². The van der Waals surface area contributed by atoms with E-state index in [0.29, 0.717) is 12.1 Å². The van der Waals surface area contributed by atoms with Gasteiger partial charge in [-0.15, -0.1) is 0 Å². The Labute approximate surface area is 115 Å². The Balaban J connectivity index is 1.84. The van der Waals surface area contributed by atoms with E-state index in [9.17, 15) is 0 Å². The van der Waals surface area contributed by atoms with Gasteiger partial charge in [0.2, 0.25) is 0 Å². The lowest BCUT2D eigenvalue weighted by Gasteiger charge is -2.31. The summed E-state index contributed by atoms with van der Waals surface area (Å²) in [5, 5.41) is 0. The van der Waals surface area contributed by atoms with Crippen LogP contribution in [0.15, 0.2) is 54.9 Å². The van der Waals surface area contributed by atoms with Crippen molar-refractivity contribution in [3.8, 4) is 0 Å². The van der Waals surface area contributed by atoms with E-state index in [4.69, 9.17) is 0 Å². The van der Waals surface area contributed by atoms with E-state index in [1.54, 1.807) is 0 Å². The largest absolute Gasteiger partial charge is 0.290 e. The molecule has 0 amide bonds. The van der Waals surface area contributed by atoms with Gasteiger partial charge in [-0.25, -0.2) is 0 Å². The van der Waals surface area contributed by atoms with Gasteiger partial charge < -0.3 is 0 Å². The van der Waals surface area contributed by atoms with Crippen molar-refractivity contribution in [2.45, 2.75) is 31.8 Å². The summed E-state index contributed by atoms with van der Waals surface area (Å²) in [6.07, 6.45) is 6.38. The van der Waals surface area contributed by atoms with Crippen molar-refractivity contribution in [2.75, 3.05) is 6.54 Å². The van der Waals surface area contributed by atoms with E-state index < -0.39 is 0 Å². The Morgan fingerprint density at radius 1 is 1.16 bits per heavy atom. The Kier molecular flexibility index (Phi) is 3.60. The molecule has 0 saturated carbocycles. The average Bonchev–Trinajstić information content (AvgIpc) is 2.98. The molecule has 2 atom stereocenters. The van der Waals surface area contributed by atoms with E-state index >= 15 is 0 Å². The number of hydrogen-bond donors (Lipinski definition) is 0. The molecule has 2 aromatic rings. The zero-order chi connectivity index (χ0) is 13.1. The minimum Gasteiger partial charge on any atom is -0.290 e. The van der Waals surface area contributed by atoms with Crippen molar-refractivity contribution in [3.63, 3.8) is 0 Å². The van der Waals surface area contributed by atoms with Crippen LogP contribution in [-0.2, 0) is 0 Å². The van der Waals surface area contributed by atoms with Crippen LogP contribution in [0.4, 0.5) is 0 Å². The predicted octanol–water partition coefficient (Wildman–Crippen LogP) is 3.98. The van der Waals surface area contributed by atoms with Gasteiger partial charge in [-0.3, -0.25) is 9.88 Å². The van der Waals surface area contributed by atoms with Crippen molar-refractivity contribution in [1.82, 2.24) is 9.88 Å². The molecule has 98 valence electrons. The van der Waals surface area contributed by atoms with Gasteiger partial charge in [0.1, 0.15) is 0 Å². The van der Waals surface area contributed by atoms with Gasteiger partial charge in [0, 0.05) is 24.5 Å². The van der Waals surface area contributed by atoms with E-state index in [-0.39, 0.29) is 0 Å². The van der Waals surface area contributed by atoms with Crippen LogP contribution in [0.5, 0.6) is 0 Å². The predicted molar refractivity (Wildman–Crippen MR) is 77.8 cm³/mol. The molecule has 0 aliphatic carbocycles. The van der Waals surface area contributed by atoms with Crippen molar-refractivity contribution in [1.29, 1.82) is 0 Å². The van der Waals surface area contributed by atoms with Crippen LogP contribution in [0.1, 0.15) is 43.0 Å². The van der Waals surface area contributed by atoms with E-state index in [0.717, 1.165) is 0 Å². The van der Waals surface area contributed by atoms with Crippen LogP contribution in [0.25, 0.3) is 0 Å². The van der Waals surface area contributed by atoms with Crippen LogP contribution in [0.2, 0.25) is 0 Å². The number of rotatable bonds is 3. The van der Waals surface area contributed by atoms with E-state index in [1.165, 1.54) is 30.5 Å². The molecule has 1 aromatic heterocycles. The minimum absolute atomic E-state index is 0.467. The van der Waals surface area contributed by atoms with Gasteiger partial charge in [-0.1, -0.05) is 36.4 Å². The highest BCUT2D eigenvalue weighted by atomic mass is 15.2. The second kappa shape index (κ2) is 5.54. The average molecular weight is 252 g/mol. The van der Waals surface area contributed by atoms with Gasteiger partial charge in [0.15, 0.2) is 0 Å².